The van der Waals surface area contributed by atoms with E-state index in [9.17, 15) is 4.79 Å². The molecule has 90 valence electrons. The van der Waals surface area contributed by atoms with Crippen molar-refractivity contribution in [2.24, 2.45) is 11.7 Å². The van der Waals surface area contributed by atoms with Crippen LogP contribution in [0.4, 0.5) is 0 Å². The number of amides is 1. The summed E-state index contributed by atoms with van der Waals surface area (Å²) in [6.07, 6.45) is 3.78. The van der Waals surface area contributed by atoms with E-state index in [-0.39, 0.29) is 17.4 Å². The summed E-state index contributed by atoms with van der Waals surface area (Å²) in [6, 6.07) is 0. The third kappa shape index (κ3) is 5.17. The summed E-state index contributed by atoms with van der Waals surface area (Å²) in [5, 5.41) is 2.95. The quantitative estimate of drug-likeness (QED) is 0.681. The molecule has 0 radical (unpaired) electrons. The lowest BCUT2D eigenvalue weighted by Crippen LogP contribution is -2.50. The van der Waals surface area contributed by atoms with Crippen LogP contribution in [0.1, 0.15) is 53.4 Å². The van der Waals surface area contributed by atoms with Gasteiger partial charge in [0.2, 0.25) is 5.91 Å². The van der Waals surface area contributed by atoms with Crippen LogP contribution in [0.5, 0.6) is 0 Å². The van der Waals surface area contributed by atoms with Gasteiger partial charge in [-0.2, -0.15) is 0 Å². The topological polar surface area (TPSA) is 55.1 Å². The second kappa shape index (κ2) is 6.83. The first-order valence-electron chi connectivity index (χ1n) is 6.05. The summed E-state index contributed by atoms with van der Waals surface area (Å²) in [5.74, 6) is 0.238. The molecule has 0 heterocycles. The molecule has 0 aromatic carbocycles. The van der Waals surface area contributed by atoms with Crippen molar-refractivity contribution < 1.29 is 4.79 Å². The van der Waals surface area contributed by atoms with E-state index in [0.29, 0.717) is 6.54 Å². The molecule has 3 nitrogen and oxygen atoms in total. The molecule has 0 saturated heterocycles. The number of hydrogen-bond acceptors (Lipinski definition) is 2. The van der Waals surface area contributed by atoms with Gasteiger partial charge in [-0.1, -0.05) is 34.1 Å². The molecule has 0 spiro atoms. The van der Waals surface area contributed by atoms with Crippen molar-refractivity contribution in [1.82, 2.24) is 5.32 Å². The minimum Gasteiger partial charge on any atom is -0.354 e. The van der Waals surface area contributed by atoms with E-state index in [4.69, 9.17) is 5.73 Å². The van der Waals surface area contributed by atoms with E-state index in [1.807, 2.05) is 6.92 Å². The summed E-state index contributed by atoms with van der Waals surface area (Å²) in [5.41, 5.74) is 5.87. The molecule has 0 aromatic heterocycles. The molecule has 1 unspecified atom stereocenters. The average molecular weight is 214 g/mol. The van der Waals surface area contributed by atoms with Crippen LogP contribution in [0.25, 0.3) is 0 Å². The summed E-state index contributed by atoms with van der Waals surface area (Å²) in [7, 11) is 0. The zero-order chi connectivity index (χ0) is 11.9. The Morgan fingerprint density at radius 2 is 1.87 bits per heavy atom. The maximum Gasteiger partial charge on any atom is 0.222 e. The fraction of sp³-hybridized carbons (Fsp3) is 0.917. The first-order valence-corrected chi connectivity index (χ1v) is 6.05. The van der Waals surface area contributed by atoms with E-state index < -0.39 is 0 Å². The molecule has 1 amide bonds. The Balaban J connectivity index is 3.98. The monoisotopic (exact) mass is 214 g/mol. The van der Waals surface area contributed by atoms with Crippen molar-refractivity contribution in [1.29, 1.82) is 0 Å². The highest BCUT2D eigenvalue weighted by molar-refractivity contribution is 5.78. The van der Waals surface area contributed by atoms with Gasteiger partial charge in [0.05, 0.1) is 0 Å². The molecule has 0 aromatic rings. The summed E-state index contributed by atoms with van der Waals surface area (Å²) >= 11 is 0. The molecule has 0 bridgehead atoms. The molecule has 3 N–H and O–H groups in total. The van der Waals surface area contributed by atoms with Gasteiger partial charge in [0, 0.05) is 18.0 Å². The fourth-order valence-electron chi connectivity index (χ4n) is 1.50. The van der Waals surface area contributed by atoms with Gasteiger partial charge >= 0.3 is 0 Å². The Morgan fingerprint density at radius 3 is 2.27 bits per heavy atom. The Morgan fingerprint density at radius 1 is 1.33 bits per heavy atom. The number of rotatable bonds is 7. The van der Waals surface area contributed by atoms with Gasteiger partial charge < -0.3 is 11.1 Å². The van der Waals surface area contributed by atoms with Gasteiger partial charge in [-0.05, 0) is 19.3 Å². The summed E-state index contributed by atoms with van der Waals surface area (Å²) in [6.45, 7) is 8.77. The van der Waals surface area contributed by atoms with Gasteiger partial charge in [-0.3, -0.25) is 4.79 Å². The van der Waals surface area contributed by atoms with Crippen LogP contribution in [0.3, 0.4) is 0 Å². The van der Waals surface area contributed by atoms with E-state index >= 15 is 0 Å². The van der Waals surface area contributed by atoms with Gasteiger partial charge in [-0.15, -0.1) is 0 Å². The summed E-state index contributed by atoms with van der Waals surface area (Å²) < 4.78 is 0. The molecular formula is C12H26N2O. The van der Waals surface area contributed by atoms with Crippen LogP contribution >= 0.6 is 0 Å². The lowest BCUT2D eigenvalue weighted by molar-refractivity contribution is -0.125. The molecule has 0 aliphatic rings. The number of nitrogens with two attached hydrogens (primary N) is 1. The van der Waals surface area contributed by atoms with E-state index in [1.165, 1.54) is 0 Å². The number of nitrogens with one attached hydrogen (secondary N) is 1. The van der Waals surface area contributed by atoms with Crippen LogP contribution in [0, 0.1) is 5.92 Å². The Labute approximate surface area is 93.8 Å². The van der Waals surface area contributed by atoms with Crippen molar-refractivity contribution >= 4 is 5.91 Å². The number of carbonyl (C=O) groups is 1. The van der Waals surface area contributed by atoms with Gasteiger partial charge in [-0.25, -0.2) is 0 Å². The van der Waals surface area contributed by atoms with Crippen molar-refractivity contribution in [2.45, 2.75) is 58.9 Å². The third-order valence-corrected chi connectivity index (χ3v) is 3.19. The van der Waals surface area contributed by atoms with Crippen molar-refractivity contribution in [3.05, 3.63) is 0 Å². The molecule has 0 saturated carbocycles. The molecule has 0 aliphatic carbocycles. The highest BCUT2D eigenvalue weighted by Gasteiger charge is 2.22. The fourth-order valence-corrected chi connectivity index (χ4v) is 1.50. The zero-order valence-corrected chi connectivity index (χ0v) is 10.6. The SMILES string of the molecule is CCCC(C)C(=O)NCC(N)(CC)CC. The van der Waals surface area contributed by atoms with Crippen LogP contribution in [-0.2, 0) is 4.79 Å². The first kappa shape index (κ1) is 14.4. The zero-order valence-electron chi connectivity index (χ0n) is 10.6. The second-order valence-electron chi connectivity index (χ2n) is 4.48. The van der Waals surface area contributed by atoms with Gasteiger partial charge in [0.1, 0.15) is 0 Å². The molecule has 3 heteroatoms. The predicted octanol–water partition coefficient (Wildman–Crippen LogP) is 2.06. The van der Waals surface area contributed by atoms with E-state index in [2.05, 4.69) is 26.1 Å². The van der Waals surface area contributed by atoms with Crippen LogP contribution in [0.2, 0.25) is 0 Å². The van der Waals surface area contributed by atoms with E-state index in [1.54, 1.807) is 0 Å². The largest absolute Gasteiger partial charge is 0.354 e. The standard InChI is InChI=1S/C12H26N2O/c1-5-8-10(4)11(15)14-9-12(13,6-2)7-3/h10H,5-9,13H2,1-4H3,(H,14,15). The lowest BCUT2D eigenvalue weighted by atomic mass is 9.94. The Hall–Kier alpha value is -0.570. The highest BCUT2D eigenvalue weighted by Crippen LogP contribution is 2.10. The predicted molar refractivity (Wildman–Crippen MR) is 64.6 cm³/mol. The minimum atomic E-state index is -0.235. The van der Waals surface area contributed by atoms with E-state index in [0.717, 1.165) is 25.7 Å². The first-order chi connectivity index (χ1) is 6.99. The maximum absolute atomic E-state index is 11.6. The average Bonchev–Trinajstić information content (AvgIpc) is 2.25. The van der Waals surface area contributed by atoms with Crippen LogP contribution in [0.15, 0.2) is 0 Å². The number of carbonyl (C=O) groups excluding carboxylic acids is 1. The maximum atomic E-state index is 11.6. The number of hydrogen-bond donors (Lipinski definition) is 2. The highest BCUT2D eigenvalue weighted by atomic mass is 16.1. The van der Waals surface area contributed by atoms with Crippen molar-refractivity contribution in [3.63, 3.8) is 0 Å². The Bertz CT molecular complexity index is 188. The normalized spacial score (nSPS) is 13.7. The summed E-state index contributed by atoms with van der Waals surface area (Å²) in [4.78, 5) is 11.6. The Kier molecular flexibility index (Phi) is 6.57. The minimum absolute atomic E-state index is 0.105. The van der Waals surface area contributed by atoms with Gasteiger partial charge in [0.25, 0.3) is 0 Å². The van der Waals surface area contributed by atoms with Crippen molar-refractivity contribution in [3.8, 4) is 0 Å². The molecule has 0 fully saturated rings. The smallest absolute Gasteiger partial charge is 0.222 e. The van der Waals surface area contributed by atoms with Crippen LogP contribution < -0.4 is 11.1 Å². The van der Waals surface area contributed by atoms with Crippen molar-refractivity contribution in [2.75, 3.05) is 6.54 Å². The molecule has 1 atom stereocenters. The second-order valence-corrected chi connectivity index (χ2v) is 4.48. The molecule has 0 aliphatic heterocycles. The van der Waals surface area contributed by atoms with Gasteiger partial charge in [0.15, 0.2) is 0 Å². The molecular weight excluding hydrogens is 188 g/mol. The molecule has 0 rings (SSSR count). The third-order valence-electron chi connectivity index (χ3n) is 3.19. The molecule has 15 heavy (non-hydrogen) atoms. The lowest BCUT2D eigenvalue weighted by Gasteiger charge is -2.27. The van der Waals surface area contributed by atoms with Crippen LogP contribution in [-0.4, -0.2) is 18.0 Å².